The molecule has 0 fully saturated rings. The summed E-state index contributed by atoms with van der Waals surface area (Å²) in [5, 5.41) is 5.23. The molecule has 0 aromatic heterocycles. The number of anilines is 2. The number of amides is 2. The van der Waals surface area contributed by atoms with Crippen molar-refractivity contribution in [1.82, 2.24) is 0 Å². The third kappa shape index (κ3) is 6.00. The third-order valence-electron chi connectivity index (χ3n) is 4.45. The maximum Gasteiger partial charge on any atom is 0.306 e. The molecule has 150 valence electrons. The Bertz CT molecular complexity index is 925. The summed E-state index contributed by atoms with van der Waals surface area (Å²) in [6, 6.07) is 11.8. The number of carbonyl (C=O) groups excluding carboxylic acids is 3. The number of esters is 1. The highest BCUT2D eigenvalue weighted by atomic mass is 19.1. The number of benzene rings is 2. The van der Waals surface area contributed by atoms with E-state index < -0.39 is 30.2 Å². The van der Waals surface area contributed by atoms with Crippen molar-refractivity contribution in [2.24, 2.45) is 5.92 Å². The highest BCUT2D eigenvalue weighted by Crippen LogP contribution is 2.21. The summed E-state index contributed by atoms with van der Waals surface area (Å²) in [4.78, 5) is 36.5. The van der Waals surface area contributed by atoms with Gasteiger partial charge in [0.2, 0.25) is 0 Å². The lowest BCUT2D eigenvalue weighted by atomic mass is 10.1. The second-order valence-corrected chi connectivity index (χ2v) is 6.69. The molecule has 2 aromatic carbocycles. The van der Waals surface area contributed by atoms with Crippen LogP contribution in [0, 0.1) is 11.7 Å². The first-order valence-corrected chi connectivity index (χ1v) is 9.29. The van der Waals surface area contributed by atoms with Crippen molar-refractivity contribution < 1.29 is 23.5 Å². The van der Waals surface area contributed by atoms with Crippen molar-refractivity contribution >= 4 is 29.2 Å². The Balaban J connectivity index is 1.55. The fraction of sp³-hybridized carbons (Fsp3) is 0.227. The van der Waals surface area contributed by atoms with Crippen LogP contribution in [0.2, 0.25) is 0 Å². The predicted octanol–water partition coefficient (Wildman–Crippen LogP) is 3.92. The van der Waals surface area contributed by atoms with Gasteiger partial charge >= 0.3 is 5.97 Å². The molecule has 2 aromatic rings. The lowest BCUT2D eigenvalue weighted by Crippen LogP contribution is -2.23. The largest absolute Gasteiger partial charge is 0.456 e. The zero-order valence-electron chi connectivity index (χ0n) is 15.7. The van der Waals surface area contributed by atoms with Crippen LogP contribution in [0.25, 0.3) is 0 Å². The summed E-state index contributed by atoms with van der Waals surface area (Å²) in [7, 11) is 0. The second kappa shape index (κ2) is 9.64. The number of nitrogens with one attached hydrogen (secondary N) is 2. The summed E-state index contributed by atoms with van der Waals surface area (Å²) >= 11 is 0. The lowest BCUT2D eigenvalue weighted by molar-refractivity contribution is -0.147. The topological polar surface area (TPSA) is 84.5 Å². The van der Waals surface area contributed by atoms with Crippen molar-refractivity contribution in [3.05, 3.63) is 72.1 Å². The Hall–Kier alpha value is -3.48. The number of carbonyl (C=O) groups is 3. The predicted molar refractivity (Wildman–Crippen MR) is 107 cm³/mol. The average Bonchev–Trinajstić information content (AvgIpc) is 3.21. The van der Waals surface area contributed by atoms with Gasteiger partial charge < -0.3 is 15.4 Å². The van der Waals surface area contributed by atoms with Crippen LogP contribution in [-0.4, -0.2) is 24.4 Å². The van der Waals surface area contributed by atoms with Crippen LogP contribution in [0.3, 0.4) is 0 Å². The number of ether oxygens (including phenoxy) is 1. The minimum Gasteiger partial charge on any atom is -0.456 e. The molecule has 1 aliphatic carbocycles. The summed E-state index contributed by atoms with van der Waals surface area (Å²) in [6.07, 6.45) is 6.13. The van der Waals surface area contributed by atoms with Gasteiger partial charge in [-0.05, 0) is 55.2 Å². The van der Waals surface area contributed by atoms with Crippen LogP contribution in [0.4, 0.5) is 15.8 Å². The van der Waals surface area contributed by atoms with E-state index in [1.807, 2.05) is 12.2 Å². The molecule has 1 aliphatic rings. The number of halogens is 1. The Morgan fingerprint density at radius 3 is 2.52 bits per heavy atom. The van der Waals surface area contributed by atoms with E-state index in [-0.39, 0.29) is 23.6 Å². The number of hydrogen-bond acceptors (Lipinski definition) is 4. The van der Waals surface area contributed by atoms with Gasteiger partial charge in [-0.25, -0.2) is 4.39 Å². The summed E-state index contributed by atoms with van der Waals surface area (Å²) in [6.45, 7) is -0.427. The standard InChI is InChI=1S/C22H21FN2O4/c23-16-9-11-17(12-10-16)24-22(28)18-7-3-4-8-19(18)25-20(26)14-29-21(27)13-15-5-1-2-6-15/h1,3-5,7-12,15H,2,6,13-14H2,(H,24,28)(H,25,26)/t15-/m1/s1. The van der Waals surface area contributed by atoms with Crippen LogP contribution >= 0.6 is 0 Å². The third-order valence-corrected chi connectivity index (χ3v) is 4.45. The number of allylic oxidation sites excluding steroid dienone is 2. The molecule has 2 amide bonds. The van der Waals surface area contributed by atoms with Gasteiger partial charge in [-0.2, -0.15) is 0 Å². The first-order chi connectivity index (χ1) is 14.0. The summed E-state index contributed by atoms with van der Waals surface area (Å²) < 4.78 is 18.0. The molecular formula is C22H21FN2O4. The van der Waals surface area contributed by atoms with Gasteiger partial charge in [0.15, 0.2) is 6.61 Å². The van der Waals surface area contributed by atoms with Crippen molar-refractivity contribution in [2.75, 3.05) is 17.2 Å². The van der Waals surface area contributed by atoms with E-state index in [9.17, 15) is 18.8 Å². The molecule has 0 radical (unpaired) electrons. The fourth-order valence-electron chi connectivity index (χ4n) is 2.99. The number of para-hydroxylation sites is 1. The molecule has 6 nitrogen and oxygen atoms in total. The zero-order chi connectivity index (χ0) is 20.6. The van der Waals surface area contributed by atoms with Crippen molar-refractivity contribution in [1.29, 1.82) is 0 Å². The maximum atomic E-state index is 13.0. The molecule has 0 saturated heterocycles. The van der Waals surface area contributed by atoms with Gasteiger partial charge in [-0.15, -0.1) is 0 Å². The van der Waals surface area contributed by atoms with Crippen molar-refractivity contribution in [3.8, 4) is 0 Å². The molecule has 1 atom stereocenters. The molecule has 0 spiro atoms. The van der Waals surface area contributed by atoms with E-state index >= 15 is 0 Å². The SMILES string of the molecule is O=C(COC(=O)C[C@@H]1C=CCC1)Nc1ccccc1C(=O)Nc1ccc(F)cc1. The van der Waals surface area contributed by atoms with E-state index in [0.29, 0.717) is 5.69 Å². The molecule has 0 aliphatic heterocycles. The van der Waals surface area contributed by atoms with Gasteiger partial charge in [0.1, 0.15) is 5.82 Å². The molecule has 7 heteroatoms. The molecular weight excluding hydrogens is 375 g/mol. The molecule has 0 bridgehead atoms. The monoisotopic (exact) mass is 396 g/mol. The average molecular weight is 396 g/mol. The van der Waals surface area contributed by atoms with Gasteiger partial charge in [-0.3, -0.25) is 14.4 Å². The van der Waals surface area contributed by atoms with Gasteiger partial charge in [-0.1, -0.05) is 24.3 Å². The van der Waals surface area contributed by atoms with Crippen LogP contribution in [0.15, 0.2) is 60.7 Å². The molecule has 0 unspecified atom stereocenters. The van der Waals surface area contributed by atoms with E-state index in [4.69, 9.17) is 4.74 Å². The van der Waals surface area contributed by atoms with Crippen molar-refractivity contribution in [3.63, 3.8) is 0 Å². The fourth-order valence-corrected chi connectivity index (χ4v) is 2.99. The van der Waals surface area contributed by atoms with Crippen molar-refractivity contribution in [2.45, 2.75) is 19.3 Å². The molecule has 3 rings (SSSR count). The Morgan fingerprint density at radius 2 is 1.79 bits per heavy atom. The maximum absolute atomic E-state index is 13.0. The molecule has 29 heavy (non-hydrogen) atoms. The molecule has 0 saturated carbocycles. The smallest absolute Gasteiger partial charge is 0.306 e. The van der Waals surface area contributed by atoms with Crippen LogP contribution in [0.1, 0.15) is 29.6 Å². The van der Waals surface area contributed by atoms with Crippen LogP contribution < -0.4 is 10.6 Å². The first kappa shape index (κ1) is 20.3. The highest BCUT2D eigenvalue weighted by Gasteiger charge is 2.17. The summed E-state index contributed by atoms with van der Waals surface area (Å²) in [5.74, 6) is -1.67. The molecule has 0 heterocycles. The van der Waals surface area contributed by atoms with E-state index in [1.165, 1.54) is 24.3 Å². The van der Waals surface area contributed by atoms with E-state index in [2.05, 4.69) is 10.6 Å². The minimum atomic E-state index is -0.539. The lowest BCUT2D eigenvalue weighted by Gasteiger charge is -2.12. The number of hydrogen-bond donors (Lipinski definition) is 2. The van der Waals surface area contributed by atoms with Crippen LogP contribution in [0.5, 0.6) is 0 Å². The molecule has 2 N–H and O–H groups in total. The van der Waals surface area contributed by atoms with Gasteiger partial charge in [0, 0.05) is 5.69 Å². The normalized spacial score (nSPS) is 15.0. The van der Waals surface area contributed by atoms with Crippen LogP contribution in [-0.2, 0) is 14.3 Å². The Labute approximate surface area is 167 Å². The number of rotatable bonds is 7. The summed E-state index contributed by atoms with van der Waals surface area (Å²) in [5.41, 5.74) is 0.937. The minimum absolute atomic E-state index is 0.168. The highest BCUT2D eigenvalue weighted by molar-refractivity contribution is 6.10. The second-order valence-electron chi connectivity index (χ2n) is 6.69. The van der Waals surface area contributed by atoms with E-state index in [0.717, 1.165) is 12.8 Å². The van der Waals surface area contributed by atoms with Gasteiger partial charge in [0.25, 0.3) is 11.8 Å². The first-order valence-electron chi connectivity index (χ1n) is 9.29. The van der Waals surface area contributed by atoms with Gasteiger partial charge in [0.05, 0.1) is 17.7 Å². The Morgan fingerprint density at radius 1 is 1.03 bits per heavy atom. The zero-order valence-corrected chi connectivity index (χ0v) is 15.7. The Kier molecular flexibility index (Phi) is 6.73. The van der Waals surface area contributed by atoms with E-state index in [1.54, 1.807) is 24.3 Å². The quantitative estimate of drug-likeness (QED) is 0.549.